The van der Waals surface area contributed by atoms with Crippen LogP contribution in [0.2, 0.25) is 0 Å². The van der Waals surface area contributed by atoms with Crippen molar-refractivity contribution < 1.29 is 14.6 Å². The van der Waals surface area contributed by atoms with Gasteiger partial charge in [0.05, 0.1) is 30.7 Å². The van der Waals surface area contributed by atoms with Crippen molar-refractivity contribution in [1.29, 1.82) is 0 Å². The molecule has 0 bridgehead atoms. The van der Waals surface area contributed by atoms with Crippen LogP contribution in [0.1, 0.15) is 5.56 Å². The number of thiazole rings is 1. The zero-order valence-electron chi connectivity index (χ0n) is 13.6. The molecule has 1 heterocycles. The van der Waals surface area contributed by atoms with Crippen LogP contribution < -0.4 is 14.3 Å². The maximum Gasteiger partial charge on any atom is 0.211 e. The number of rotatable bonds is 4. The number of hydrogen-bond donors (Lipinski definition) is 1. The van der Waals surface area contributed by atoms with Crippen molar-refractivity contribution in [3.8, 4) is 17.2 Å². The van der Waals surface area contributed by atoms with Crippen molar-refractivity contribution in [2.24, 2.45) is 17.3 Å². The molecule has 2 aromatic carbocycles. The van der Waals surface area contributed by atoms with Gasteiger partial charge in [0.15, 0.2) is 11.5 Å². The molecule has 0 spiro atoms. The number of fused-ring (bicyclic) bond motifs is 1. The van der Waals surface area contributed by atoms with E-state index < -0.39 is 0 Å². The summed E-state index contributed by atoms with van der Waals surface area (Å²) in [6.45, 7) is 0. The Morgan fingerprint density at radius 3 is 2.42 bits per heavy atom. The molecule has 24 heavy (non-hydrogen) atoms. The average Bonchev–Trinajstić information content (AvgIpc) is 2.92. The number of ether oxygens (including phenoxy) is 2. The van der Waals surface area contributed by atoms with E-state index in [1.807, 2.05) is 29.8 Å². The summed E-state index contributed by atoms with van der Waals surface area (Å²) < 4.78 is 13.4. The summed E-state index contributed by atoms with van der Waals surface area (Å²) in [6.07, 6.45) is 1.59. The largest absolute Gasteiger partial charge is 0.502 e. The van der Waals surface area contributed by atoms with Gasteiger partial charge in [-0.3, -0.25) is 0 Å². The molecule has 0 saturated heterocycles. The molecular formula is C17H17N3O3S. The van der Waals surface area contributed by atoms with Crippen LogP contribution in [0.25, 0.3) is 10.2 Å². The first-order valence-corrected chi connectivity index (χ1v) is 8.02. The van der Waals surface area contributed by atoms with Crippen LogP contribution in [0.4, 0.5) is 0 Å². The zero-order chi connectivity index (χ0) is 17.1. The number of methoxy groups -OCH3 is 2. The van der Waals surface area contributed by atoms with E-state index in [4.69, 9.17) is 9.47 Å². The first kappa shape index (κ1) is 16.1. The van der Waals surface area contributed by atoms with Gasteiger partial charge in [-0.25, -0.2) is 0 Å². The van der Waals surface area contributed by atoms with Crippen molar-refractivity contribution in [3.63, 3.8) is 0 Å². The predicted octanol–water partition coefficient (Wildman–Crippen LogP) is 2.90. The van der Waals surface area contributed by atoms with Gasteiger partial charge in [-0.05, 0) is 24.3 Å². The minimum absolute atomic E-state index is 0.0370. The van der Waals surface area contributed by atoms with E-state index in [1.165, 1.54) is 14.2 Å². The Morgan fingerprint density at radius 1 is 1.12 bits per heavy atom. The van der Waals surface area contributed by atoms with Gasteiger partial charge in [-0.15, -0.1) is 5.10 Å². The first-order chi connectivity index (χ1) is 11.6. The molecule has 3 aromatic rings. The van der Waals surface area contributed by atoms with Crippen molar-refractivity contribution in [2.45, 2.75) is 0 Å². The summed E-state index contributed by atoms with van der Waals surface area (Å²) >= 11 is 1.57. The molecule has 0 unspecified atom stereocenters. The third kappa shape index (κ3) is 2.98. The quantitative estimate of drug-likeness (QED) is 0.585. The smallest absolute Gasteiger partial charge is 0.211 e. The fourth-order valence-electron chi connectivity index (χ4n) is 2.31. The van der Waals surface area contributed by atoms with Crippen molar-refractivity contribution in [2.75, 3.05) is 14.2 Å². The predicted molar refractivity (Wildman–Crippen MR) is 95.2 cm³/mol. The van der Waals surface area contributed by atoms with E-state index in [2.05, 4.69) is 16.3 Å². The van der Waals surface area contributed by atoms with Crippen molar-refractivity contribution >= 4 is 27.8 Å². The number of phenols is 1. The Kier molecular flexibility index (Phi) is 4.52. The highest BCUT2D eigenvalue weighted by Gasteiger charge is 2.10. The number of aryl methyl sites for hydroxylation is 1. The Morgan fingerprint density at radius 2 is 1.79 bits per heavy atom. The molecule has 0 radical (unpaired) electrons. The molecule has 1 N–H and O–H groups in total. The van der Waals surface area contributed by atoms with Gasteiger partial charge in [-0.1, -0.05) is 23.5 Å². The van der Waals surface area contributed by atoms with Crippen LogP contribution in [-0.2, 0) is 7.05 Å². The fraction of sp³-hybridized carbons (Fsp3) is 0.176. The minimum atomic E-state index is -0.0370. The summed E-state index contributed by atoms with van der Waals surface area (Å²) in [7, 11) is 4.92. The second-order valence-corrected chi connectivity index (χ2v) is 6.04. The summed E-state index contributed by atoms with van der Waals surface area (Å²) in [5.74, 6) is 0.608. The van der Waals surface area contributed by atoms with Gasteiger partial charge in [0, 0.05) is 12.6 Å². The van der Waals surface area contributed by atoms with Crippen LogP contribution in [0.3, 0.4) is 0 Å². The van der Waals surface area contributed by atoms with E-state index in [-0.39, 0.29) is 5.75 Å². The third-order valence-corrected chi connectivity index (χ3v) is 4.67. The number of benzene rings is 2. The Bertz CT molecular complexity index is 948. The van der Waals surface area contributed by atoms with E-state index in [9.17, 15) is 5.11 Å². The van der Waals surface area contributed by atoms with Crippen LogP contribution in [0.15, 0.2) is 46.6 Å². The molecule has 124 valence electrons. The topological polar surface area (TPSA) is 68.3 Å². The van der Waals surface area contributed by atoms with Crippen molar-refractivity contribution in [1.82, 2.24) is 4.57 Å². The van der Waals surface area contributed by atoms with Crippen LogP contribution in [0, 0.1) is 0 Å². The standard InChI is InChI=1S/C17H17N3O3S/c1-20-12-6-4-5-7-15(12)24-17(20)19-18-10-11-8-13(22-2)16(21)14(9-11)23-3/h4-10,21H,1-3H3. The number of para-hydroxylation sites is 1. The highest BCUT2D eigenvalue weighted by molar-refractivity contribution is 7.16. The highest BCUT2D eigenvalue weighted by atomic mass is 32.1. The minimum Gasteiger partial charge on any atom is -0.502 e. The highest BCUT2D eigenvalue weighted by Crippen LogP contribution is 2.36. The number of aromatic nitrogens is 1. The molecule has 0 fully saturated rings. The zero-order valence-corrected chi connectivity index (χ0v) is 14.4. The molecule has 0 aliphatic carbocycles. The molecule has 7 heteroatoms. The average molecular weight is 343 g/mol. The lowest BCUT2D eigenvalue weighted by Gasteiger charge is -2.08. The monoisotopic (exact) mass is 343 g/mol. The maximum absolute atomic E-state index is 9.91. The lowest BCUT2D eigenvalue weighted by molar-refractivity contribution is 0.340. The van der Waals surface area contributed by atoms with Gasteiger partial charge in [0.2, 0.25) is 10.6 Å². The number of hydrogen-bond acceptors (Lipinski definition) is 6. The molecule has 0 saturated carbocycles. The first-order valence-electron chi connectivity index (χ1n) is 7.20. The maximum atomic E-state index is 9.91. The van der Waals surface area contributed by atoms with Gasteiger partial charge < -0.3 is 19.1 Å². The second kappa shape index (κ2) is 6.76. The lowest BCUT2D eigenvalue weighted by atomic mass is 10.2. The second-order valence-electron chi connectivity index (χ2n) is 5.03. The Hall–Kier alpha value is -2.80. The number of aromatic hydroxyl groups is 1. The van der Waals surface area contributed by atoms with Crippen LogP contribution >= 0.6 is 11.3 Å². The van der Waals surface area contributed by atoms with Crippen molar-refractivity contribution in [3.05, 3.63) is 46.8 Å². The van der Waals surface area contributed by atoms with Gasteiger partial charge in [0.1, 0.15) is 0 Å². The van der Waals surface area contributed by atoms with E-state index in [0.717, 1.165) is 15.0 Å². The summed E-state index contributed by atoms with van der Waals surface area (Å²) in [5, 5.41) is 18.3. The van der Waals surface area contributed by atoms with E-state index in [1.54, 1.807) is 29.7 Å². The molecule has 0 aliphatic heterocycles. The SMILES string of the molecule is COc1cc(C=NN=c2sc3ccccc3n2C)cc(OC)c1O. The number of nitrogens with zero attached hydrogens (tertiary/aromatic N) is 3. The van der Waals surface area contributed by atoms with Crippen LogP contribution in [-0.4, -0.2) is 30.1 Å². The summed E-state index contributed by atoms with van der Waals surface area (Å²) in [6, 6.07) is 11.4. The molecule has 0 aliphatic rings. The number of phenolic OH excluding ortho intramolecular Hbond substituents is 1. The van der Waals surface area contributed by atoms with E-state index in [0.29, 0.717) is 17.1 Å². The lowest BCUT2D eigenvalue weighted by Crippen LogP contribution is -2.08. The third-order valence-electron chi connectivity index (χ3n) is 3.57. The molecular weight excluding hydrogens is 326 g/mol. The van der Waals surface area contributed by atoms with Gasteiger partial charge in [-0.2, -0.15) is 5.10 Å². The molecule has 1 aromatic heterocycles. The van der Waals surface area contributed by atoms with Gasteiger partial charge in [0.25, 0.3) is 0 Å². The van der Waals surface area contributed by atoms with E-state index >= 15 is 0 Å². The Balaban J connectivity index is 1.97. The van der Waals surface area contributed by atoms with Gasteiger partial charge >= 0.3 is 0 Å². The molecule has 0 amide bonds. The van der Waals surface area contributed by atoms with Crippen LogP contribution in [0.5, 0.6) is 17.2 Å². The molecule has 6 nitrogen and oxygen atoms in total. The molecule has 0 atom stereocenters. The molecule has 3 rings (SSSR count). The normalized spacial score (nSPS) is 12.2. The summed E-state index contributed by atoms with van der Waals surface area (Å²) in [5.41, 5.74) is 1.83. The summed E-state index contributed by atoms with van der Waals surface area (Å²) in [4.78, 5) is 0.796. The Labute approximate surface area is 142 Å². The fourth-order valence-corrected chi connectivity index (χ4v) is 3.29.